The van der Waals surface area contributed by atoms with Crippen molar-refractivity contribution in [3.05, 3.63) is 188 Å². The molecule has 0 saturated heterocycles. The van der Waals surface area contributed by atoms with Gasteiger partial charge in [0.25, 0.3) is 0 Å². The van der Waals surface area contributed by atoms with E-state index in [4.69, 9.17) is 18.8 Å². The molecule has 0 bridgehead atoms. The van der Waals surface area contributed by atoms with E-state index in [1.165, 1.54) is 16.3 Å². The van der Waals surface area contributed by atoms with E-state index in [1.807, 2.05) is 42.5 Å². The Balaban J connectivity index is 1.08. The molecule has 0 unspecified atom stereocenters. The lowest BCUT2D eigenvalue weighted by Gasteiger charge is -2.08. The van der Waals surface area contributed by atoms with Crippen molar-refractivity contribution in [2.75, 3.05) is 0 Å². The van der Waals surface area contributed by atoms with E-state index in [-0.39, 0.29) is 0 Å². The van der Waals surface area contributed by atoms with Gasteiger partial charge in [-0.3, -0.25) is 0 Å². The van der Waals surface area contributed by atoms with Crippen LogP contribution < -0.4 is 0 Å². The summed E-state index contributed by atoms with van der Waals surface area (Å²) in [4.78, 5) is 10.4. The number of benzene rings is 8. The van der Waals surface area contributed by atoms with Crippen LogP contribution in [0.2, 0.25) is 0 Å². The van der Waals surface area contributed by atoms with Gasteiger partial charge in [0.2, 0.25) is 0 Å². The van der Waals surface area contributed by atoms with Crippen LogP contribution in [-0.2, 0) is 0 Å². The molecule has 0 atom stereocenters. The van der Waals surface area contributed by atoms with Gasteiger partial charge in [0.1, 0.15) is 28.0 Å². The number of furan rings is 2. The number of para-hydroxylation sites is 4. The Hall–Kier alpha value is -7.76. The zero-order valence-corrected chi connectivity index (χ0v) is 30.6. The van der Waals surface area contributed by atoms with E-state index < -0.39 is 0 Å². The molecular formula is C52H31N3O2. The van der Waals surface area contributed by atoms with Gasteiger partial charge < -0.3 is 13.4 Å². The highest BCUT2D eigenvalue weighted by Gasteiger charge is 2.23. The molecule has 0 saturated carbocycles. The van der Waals surface area contributed by atoms with Gasteiger partial charge in [0, 0.05) is 49.3 Å². The Bertz CT molecular complexity index is 3510. The Kier molecular flexibility index (Phi) is 6.86. The lowest BCUT2D eigenvalue weighted by molar-refractivity contribution is 0.663. The standard InChI is InChI=1S/C52H31N3O2/c1-4-14-32(15-5-1)34-27-29-46-43(30-34)48-51(56-46)47(53-52(54-48)33-16-6-2-7-17-33)41-24-13-23-40-39-22-12-21-37(49(39)57-50(40)41)35-26-28-45-42(31-35)38-20-10-11-25-44(38)55(45)36-18-8-3-9-19-36/h1-31H. The van der Waals surface area contributed by atoms with E-state index in [2.05, 4.69) is 150 Å². The quantitative estimate of drug-likeness (QED) is 0.177. The molecule has 0 amide bonds. The fourth-order valence-electron chi connectivity index (χ4n) is 8.58. The normalized spacial score (nSPS) is 11.9. The molecule has 0 spiro atoms. The van der Waals surface area contributed by atoms with Crippen molar-refractivity contribution < 1.29 is 8.83 Å². The van der Waals surface area contributed by atoms with Crippen molar-refractivity contribution in [1.82, 2.24) is 14.5 Å². The predicted octanol–water partition coefficient (Wildman–Crippen LogP) is 14.0. The maximum atomic E-state index is 7.04. The van der Waals surface area contributed by atoms with Crippen LogP contribution in [-0.4, -0.2) is 14.5 Å². The summed E-state index contributed by atoms with van der Waals surface area (Å²) in [5, 5.41) is 5.40. The first kappa shape index (κ1) is 31.6. The van der Waals surface area contributed by atoms with Crippen LogP contribution in [0.15, 0.2) is 197 Å². The van der Waals surface area contributed by atoms with Gasteiger partial charge in [0.05, 0.1) is 11.0 Å². The Morgan fingerprint density at radius 3 is 1.77 bits per heavy atom. The maximum absolute atomic E-state index is 7.04. The first-order valence-electron chi connectivity index (χ1n) is 19.2. The molecule has 57 heavy (non-hydrogen) atoms. The van der Waals surface area contributed by atoms with Crippen molar-refractivity contribution in [2.45, 2.75) is 0 Å². The average Bonchev–Trinajstić information content (AvgIpc) is 3.96. The first-order valence-corrected chi connectivity index (χ1v) is 19.2. The highest BCUT2D eigenvalue weighted by atomic mass is 16.3. The van der Waals surface area contributed by atoms with Crippen LogP contribution >= 0.6 is 0 Å². The van der Waals surface area contributed by atoms with E-state index in [0.29, 0.717) is 17.1 Å². The van der Waals surface area contributed by atoms with Gasteiger partial charge in [-0.25, -0.2) is 9.97 Å². The Morgan fingerprint density at radius 1 is 0.368 bits per heavy atom. The minimum Gasteiger partial charge on any atom is -0.455 e. The van der Waals surface area contributed by atoms with Crippen LogP contribution in [0.4, 0.5) is 0 Å². The van der Waals surface area contributed by atoms with Crippen molar-refractivity contribution in [1.29, 1.82) is 0 Å². The molecule has 0 fully saturated rings. The van der Waals surface area contributed by atoms with Gasteiger partial charge in [0.15, 0.2) is 11.4 Å². The number of hydrogen-bond donors (Lipinski definition) is 0. The van der Waals surface area contributed by atoms with Crippen LogP contribution in [0.25, 0.3) is 116 Å². The fourth-order valence-corrected chi connectivity index (χ4v) is 8.58. The molecule has 4 aromatic heterocycles. The molecule has 266 valence electrons. The SMILES string of the molecule is c1ccc(-c2ccc3oc4c(-c5cccc6c5oc5c(-c7ccc8c(c7)c7ccccc7n8-c7ccccc7)cccc56)nc(-c5ccccc5)nc4c3c2)cc1. The maximum Gasteiger partial charge on any atom is 0.180 e. The summed E-state index contributed by atoms with van der Waals surface area (Å²) in [5.41, 5.74) is 14.0. The number of hydrogen-bond acceptors (Lipinski definition) is 4. The Morgan fingerprint density at radius 2 is 0.982 bits per heavy atom. The monoisotopic (exact) mass is 729 g/mol. The van der Waals surface area contributed by atoms with Crippen LogP contribution in [0.1, 0.15) is 0 Å². The largest absolute Gasteiger partial charge is 0.455 e. The average molecular weight is 730 g/mol. The second-order valence-corrected chi connectivity index (χ2v) is 14.5. The van der Waals surface area contributed by atoms with Gasteiger partial charge in [-0.2, -0.15) is 0 Å². The topological polar surface area (TPSA) is 57.0 Å². The third-order valence-corrected chi connectivity index (χ3v) is 11.2. The number of fused-ring (bicyclic) bond motifs is 9. The van der Waals surface area contributed by atoms with Crippen LogP contribution in [0, 0.1) is 0 Å². The van der Waals surface area contributed by atoms with Gasteiger partial charge in [-0.05, 0) is 65.2 Å². The molecule has 5 heteroatoms. The summed E-state index contributed by atoms with van der Waals surface area (Å²) in [6, 6.07) is 65.5. The third kappa shape index (κ3) is 4.89. The van der Waals surface area contributed by atoms with Gasteiger partial charge in [-0.1, -0.05) is 140 Å². The molecule has 5 nitrogen and oxygen atoms in total. The van der Waals surface area contributed by atoms with Gasteiger partial charge in [-0.15, -0.1) is 0 Å². The van der Waals surface area contributed by atoms with Crippen molar-refractivity contribution in [3.8, 4) is 50.6 Å². The van der Waals surface area contributed by atoms with Crippen molar-refractivity contribution in [3.63, 3.8) is 0 Å². The minimum absolute atomic E-state index is 0.627. The second kappa shape index (κ2) is 12.4. The molecule has 0 aliphatic rings. The molecule has 12 rings (SSSR count). The van der Waals surface area contributed by atoms with E-state index in [0.717, 1.165) is 83.0 Å². The second-order valence-electron chi connectivity index (χ2n) is 14.5. The summed E-state index contributed by atoms with van der Waals surface area (Å²) in [6.45, 7) is 0. The summed E-state index contributed by atoms with van der Waals surface area (Å²) in [5.74, 6) is 0.627. The summed E-state index contributed by atoms with van der Waals surface area (Å²) in [6.07, 6.45) is 0. The highest BCUT2D eigenvalue weighted by molar-refractivity contribution is 6.17. The smallest absolute Gasteiger partial charge is 0.180 e. The summed E-state index contributed by atoms with van der Waals surface area (Å²) < 4.78 is 16.1. The molecule has 0 N–H and O–H groups in total. The molecular weight excluding hydrogens is 699 g/mol. The number of rotatable bonds is 5. The molecule has 12 aromatic rings. The molecule has 8 aromatic carbocycles. The lowest BCUT2D eigenvalue weighted by Crippen LogP contribution is -1.94. The Labute approximate surface area is 326 Å². The van der Waals surface area contributed by atoms with Crippen molar-refractivity contribution in [2.24, 2.45) is 0 Å². The number of aromatic nitrogens is 3. The fraction of sp³-hybridized carbons (Fsp3) is 0. The highest BCUT2D eigenvalue weighted by Crippen LogP contribution is 2.44. The number of nitrogens with zero attached hydrogens (tertiary/aromatic N) is 3. The van der Waals surface area contributed by atoms with Crippen LogP contribution in [0.5, 0.6) is 0 Å². The molecule has 0 radical (unpaired) electrons. The molecule has 4 heterocycles. The zero-order valence-electron chi connectivity index (χ0n) is 30.6. The first-order chi connectivity index (χ1) is 28.3. The molecule has 0 aliphatic carbocycles. The van der Waals surface area contributed by atoms with E-state index in [1.54, 1.807) is 0 Å². The molecule has 0 aliphatic heterocycles. The predicted molar refractivity (Wildman–Crippen MR) is 233 cm³/mol. The zero-order chi connectivity index (χ0) is 37.5. The lowest BCUT2D eigenvalue weighted by atomic mass is 9.99. The van der Waals surface area contributed by atoms with E-state index in [9.17, 15) is 0 Å². The van der Waals surface area contributed by atoms with Crippen molar-refractivity contribution >= 4 is 65.8 Å². The van der Waals surface area contributed by atoms with Gasteiger partial charge >= 0.3 is 0 Å². The minimum atomic E-state index is 0.627. The summed E-state index contributed by atoms with van der Waals surface area (Å²) in [7, 11) is 0. The van der Waals surface area contributed by atoms with E-state index >= 15 is 0 Å². The van der Waals surface area contributed by atoms with Crippen LogP contribution in [0.3, 0.4) is 0 Å². The summed E-state index contributed by atoms with van der Waals surface area (Å²) >= 11 is 0. The third-order valence-electron chi connectivity index (χ3n) is 11.2.